The zero-order valence-electron chi connectivity index (χ0n) is 13.7. The topological polar surface area (TPSA) is 44.8 Å². The van der Waals surface area contributed by atoms with Crippen LogP contribution in [0.15, 0.2) is 40.0 Å². The molecule has 0 aliphatic carbocycles. The maximum atomic E-state index is 13.2. The lowest BCUT2D eigenvalue weighted by Crippen LogP contribution is -2.50. The molecule has 128 valence electrons. The smallest absolute Gasteiger partial charge is 0.254 e. The van der Waals surface area contributed by atoms with Crippen molar-refractivity contribution < 1.29 is 9.53 Å². The van der Waals surface area contributed by atoms with Crippen LogP contribution in [0.5, 0.6) is 0 Å². The number of amides is 1. The maximum Gasteiger partial charge on any atom is 0.254 e. The van der Waals surface area contributed by atoms with Crippen LogP contribution >= 0.6 is 28.1 Å². The van der Waals surface area contributed by atoms with E-state index in [2.05, 4.69) is 21.2 Å². The van der Waals surface area contributed by atoms with Gasteiger partial charge in [0.05, 0.1) is 24.8 Å². The molecule has 1 fully saturated rings. The first-order valence-corrected chi connectivity index (χ1v) is 9.07. The summed E-state index contributed by atoms with van der Waals surface area (Å²) in [4.78, 5) is 16.9. The number of benzene rings is 1. The minimum Gasteiger partial charge on any atom is -0.378 e. The van der Waals surface area contributed by atoms with Crippen LogP contribution in [0.25, 0.3) is 0 Å². The molecule has 1 unspecified atom stereocenters. The number of ether oxygens (including phenoxy) is 1. The van der Waals surface area contributed by atoms with Crippen LogP contribution in [0.1, 0.15) is 18.5 Å². The third-order valence-electron chi connectivity index (χ3n) is 4.50. The quantitative estimate of drug-likeness (QED) is 0.759. The van der Waals surface area contributed by atoms with E-state index in [0.29, 0.717) is 31.4 Å². The van der Waals surface area contributed by atoms with Gasteiger partial charge in [0.15, 0.2) is 5.11 Å². The lowest BCUT2D eigenvalue weighted by molar-refractivity contribution is -0.131. The van der Waals surface area contributed by atoms with Crippen LogP contribution in [-0.4, -0.2) is 54.2 Å². The van der Waals surface area contributed by atoms with Crippen LogP contribution in [0, 0.1) is 0 Å². The predicted molar refractivity (Wildman–Crippen MR) is 100 cm³/mol. The van der Waals surface area contributed by atoms with Gasteiger partial charge in [-0.05, 0) is 30.8 Å². The van der Waals surface area contributed by atoms with Crippen molar-refractivity contribution >= 4 is 39.2 Å². The maximum absolute atomic E-state index is 13.2. The molecule has 0 spiro atoms. The minimum absolute atomic E-state index is 0.0402. The van der Waals surface area contributed by atoms with Crippen molar-refractivity contribution in [1.29, 1.82) is 0 Å². The fourth-order valence-electron chi connectivity index (χ4n) is 2.99. The number of hydrogen-bond acceptors (Lipinski definition) is 3. The lowest BCUT2D eigenvalue weighted by Gasteiger charge is -2.38. The van der Waals surface area contributed by atoms with Gasteiger partial charge < -0.3 is 19.9 Å². The number of allylic oxidation sites excluding steroid dienone is 1. The highest BCUT2D eigenvalue weighted by Crippen LogP contribution is 2.34. The fourth-order valence-corrected chi connectivity index (χ4v) is 3.76. The molecule has 2 heterocycles. The average Bonchev–Trinajstić information content (AvgIpc) is 2.60. The van der Waals surface area contributed by atoms with E-state index in [4.69, 9.17) is 17.0 Å². The van der Waals surface area contributed by atoms with Gasteiger partial charge in [-0.1, -0.05) is 34.1 Å². The molecule has 2 aliphatic rings. The van der Waals surface area contributed by atoms with Gasteiger partial charge in [-0.25, -0.2) is 0 Å². The summed E-state index contributed by atoms with van der Waals surface area (Å²) >= 11 is 9.04. The van der Waals surface area contributed by atoms with E-state index in [1.54, 1.807) is 0 Å². The monoisotopic (exact) mass is 409 g/mol. The first kappa shape index (κ1) is 17.4. The van der Waals surface area contributed by atoms with E-state index in [1.165, 1.54) is 0 Å². The van der Waals surface area contributed by atoms with E-state index in [9.17, 15) is 4.79 Å². The number of carbonyl (C=O) groups excluding carboxylic acids is 1. The van der Waals surface area contributed by atoms with Crippen LogP contribution in [0.3, 0.4) is 0 Å². The Balaban J connectivity index is 2.04. The first-order chi connectivity index (χ1) is 11.5. The Hall–Kier alpha value is -1.44. The van der Waals surface area contributed by atoms with E-state index in [0.717, 1.165) is 21.3 Å². The Morgan fingerprint density at radius 2 is 2.00 bits per heavy atom. The molecule has 1 atom stereocenters. The number of hydrogen-bond donors (Lipinski definition) is 1. The zero-order chi connectivity index (χ0) is 17.3. The molecule has 1 saturated heterocycles. The third-order valence-corrected chi connectivity index (χ3v) is 5.61. The fraction of sp³-hybridized carbons (Fsp3) is 0.412. The number of nitrogens with zero attached hydrogens (tertiary/aromatic N) is 2. The summed E-state index contributed by atoms with van der Waals surface area (Å²) in [7, 11) is 1.88. The lowest BCUT2D eigenvalue weighted by atomic mass is 9.94. The number of carbonyl (C=O) groups is 1. The van der Waals surface area contributed by atoms with Crippen LogP contribution in [-0.2, 0) is 9.53 Å². The Morgan fingerprint density at radius 3 is 2.67 bits per heavy atom. The van der Waals surface area contributed by atoms with E-state index < -0.39 is 0 Å². The molecule has 0 aromatic heterocycles. The molecular weight excluding hydrogens is 390 g/mol. The summed E-state index contributed by atoms with van der Waals surface area (Å²) in [5.41, 5.74) is 2.62. The molecule has 1 aromatic carbocycles. The van der Waals surface area contributed by atoms with Crippen molar-refractivity contribution in [2.75, 3.05) is 33.4 Å². The minimum atomic E-state index is -0.264. The Kier molecular flexibility index (Phi) is 5.22. The molecular formula is C17H20BrN3O2S. The molecule has 2 aliphatic heterocycles. The summed E-state index contributed by atoms with van der Waals surface area (Å²) in [6.07, 6.45) is 0. The van der Waals surface area contributed by atoms with Gasteiger partial charge in [0.25, 0.3) is 5.91 Å². The van der Waals surface area contributed by atoms with Gasteiger partial charge >= 0.3 is 0 Å². The molecule has 1 aromatic rings. The Morgan fingerprint density at radius 1 is 1.33 bits per heavy atom. The van der Waals surface area contributed by atoms with Crippen molar-refractivity contribution in [2.45, 2.75) is 13.0 Å². The van der Waals surface area contributed by atoms with Crippen molar-refractivity contribution in [1.82, 2.24) is 15.1 Å². The molecule has 0 radical (unpaired) electrons. The third kappa shape index (κ3) is 3.20. The molecule has 24 heavy (non-hydrogen) atoms. The van der Waals surface area contributed by atoms with Crippen LogP contribution in [0.4, 0.5) is 0 Å². The highest BCUT2D eigenvalue weighted by Gasteiger charge is 2.35. The normalized spacial score (nSPS) is 21.8. The highest BCUT2D eigenvalue weighted by molar-refractivity contribution is 9.10. The van der Waals surface area contributed by atoms with Crippen LogP contribution < -0.4 is 5.32 Å². The molecule has 1 N–H and O–H groups in total. The van der Waals surface area contributed by atoms with Gasteiger partial charge in [0, 0.05) is 30.3 Å². The van der Waals surface area contributed by atoms with Gasteiger partial charge in [0.1, 0.15) is 0 Å². The zero-order valence-corrected chi connectivity index (χ0v) is 16.1. The number of nitrogens with one attached hydrogen (secondary N) is 1. The Bertz CT molecular complexity index is 701. The van der Waals surface area contributed by atoms with Gasteiger partial charge in [0.2, 0.25) is 0 Å². The molecule has 1 amide bonds. The SMILES string of the molecule is CC1=C(C(=O)N2CCOCC2)C(c2ccccc2Br)NC(=S)N1C. The van der Waals surface area contributed by atoms with E-state index in [1.807, 2.05) is 48.0 Å². The predicted octanol–water partition coefficient (Wildman–Crippen LogP) is 2.44. The molecule has 0 saturated carbocycles. The van der Waals surface area contributed by atoms with Crippen molar-refractivity contribution in [3.05, 3.63) is 45.6 Å². The first-order valence-electron chi connectivity index (χ1n) is 7.87. The second-order valence-electron chi connectivity index (χ2n) is 5.87. The van der Waals surface area contributed by atoms with E-state index >= 15 is 0 Å². The highest BCUT2D eigenvalue weighted by atomic mass is 79.9. The summed E-state index contributed by atoms with van der Waals surface area (Å²) in [5, 5.41) is 3.93. The average molecular weight is 410 g/mol. The largest absolute Gasteiger partial charge is 0.378 e. The van der Waals surface area contributed by atoms with Gasteiger partial charge in [-0.15, -0.1) is 0 Å². The van der Waals surface area contributed by atoms with Crippen molar-refractivity contribution in [2.24, 2.45) is 0 Å². The summed E-state index contributed by atoms with van der Waals surface area (Å²) in [6, 6.07) is 7.65. The summed E-state index contributed by atoms with van der Waals surface area (Å²) in [5.74, 6) is 0.0402. The molecule has 5 nitrogen and oxygen atoms in total. The number of morpholine rings is 1. The number of halogens is 1. The van der Waals surface area contributed by atoms with Crippen LogP contribution in [0.2, 0.25) is 0 Å². The summed E-state index contributed by atoms with van der Waals surface area (Å²) in [6.45, 7) is 4.35. The second kappa shape index (κ2) is 7.21. The summed E-state index contributed by atoms with van der Waals surface area (Å²) < 4.78 is 6.32. The molecule has 0 bridgehead atoms. The van der Waals surface area contributed by atoms with Crippen molar-refractivity contribution in [3.8, 4) is 0 Å². The Labute approximate surface area is 155 Å². The van der Waals surface area contributed by atoms with E-state index in [-0.39, 0.29) is 11.9 Å². The number of thiocarbonyl (C=S) groups is 1. The van der Waals surface area contributed by atoms with Gasteiger partial charge in [-0.2, -0.15) is 0 Å². The second-order valence-corrected chi connectivity index (χ2v) is 7.11. The molecule has 7 heteroatoms. The molecule has 3 rings (SSSR count). The van der Waals surface area contributed by atoms with Crippen molar-refractivity contribution in [3.63, 3.8) is 0 Å². The van der Waals surface area contributed by atoms with Gasteiger partial charge in [-0.3, -0.25) is 4.79 Å². The number of rotatable bonds is 2. The standard InChI is InChI=1S/C17H20BrN3O2S/c1-11-14(16(22)21-7-9-23-10-8-21)15(19-17(24)20(11)2)12-5-3-4-6-13(12)18/h3-6,15H,7-10H2,1-2H3,(H,19,24).